The summed E-state index contributed by atoms with van der Waals surface area (Å²) in [5.41, 5.74) is 4.13. The van der Waals surface area contributed by atoms with Gasteiger partial charge in [0, 0.05) is 5.56 Å². The molecule has 2 N–H and O–H groups in total. The molecule has 1 unspecified atom stereocenters. The van der Waals surface area contributed by atoms with Crippen LogP contribution in [-0.2, 0) is 0 Å². The smallest absolute Gasteiger partial charge is 0.131 e. The Hall–Kier alpha value is -2.91. The molecule has 0 radical (unpaired) electrons. The number of rotatable bonds is 7. The van der Waals surface area contributed by atoms with Gasteiger partial charge in [0.05, 0.1) is 6.10 Å². The molecule has 0 heterocycles. The van der Waals surface area contributed by atoms with E-state index >= 15 is 0 Å². The number of phenolic OH excluding ortho intramolecular Hbond substituents is 1. The first-order valence-corrected chi connectivity index (χ1v) is 9.57. The second kappa shape index (κ2) is 9.34. The zero-order valence-corrected chi connectivity index (χ0v) is 16.0. The summed E-state index contributed by atoms with van der Waals surface area (Å²) < 4.78 is 14.6. The van der Waals surface area contributed by atoms with Crippen molar-refractivity contribution in [3.63, 3.8) is 0 Å². The number of aliphatic hydroxyl groups is 1. The Bertz CT molecular complexity index is 926. The molecule has 3 aromatic rings. The minimum absolute atomic E-state index is 0.165. The molecule has 0 fully saturated rings. The minimum atomic E-state index is -0.287. The van der Waals surface area contributed by atoms with E-state index in [-0.39, 0.29) is 17.7 Å². The minimum Gasteiger partial charge on any atom is -0.508 e. The molecule has 0 aliphatic rings. The van der Waals surface area contributed by atoms with E-state index in [0.717, 1.165) is 41.5 Å². The van der Waals surface area contributed by atoms with Crippen LogP contribution in [0.2, 0.25) is 0 Å². The summed E-state index contributed by atoms with van der Waals surface area (Å²) in [5, 5.41) is 18.6. The van der Waals surface area contributed by atoms with Gasteiger partial charge in [0.2, 0.25) is 0 Å². The van der Waals surface area contributed by atoms with E-state index < -0.39 is 0 Å². The van der Waals surface area contributed by atoms with Gasteiger partial charge in [-0.25, -0.2) is 4.39 Å². The van der Waals surface area contributed by atoms with Gasteiger partial charge in [-0.05, 0) is 66.6 Å². The molecule has 0 saturated heterocycles. The first kappa shape index (κ1) is 19.8. The average Bonchev–Trinajstić information content (AvgIpc) is 2.69. The third-order valence-electron chi connectivity index (χ3n) is 4.69. The van der Waals surface area contributed by atoms with Crippen LogP contribution in [0.15, 0.2) is 72.8 Å². The molecule has 0 spiro atoms. The van der Waals surface area contributed by atoms with Gasteiger partial charge in [0.25, 0.3) is 0 Å². The standard InChI is InChI=1S/C25H25FO2/c1-18(27)5-3-2-4-6-19-7-9-20(10-8-19)22-13-16-24(25(26)17-22)21-11-14-23(28)15-12-21/h4,6-18,27-28H,2-3,5H2,1H3/b6-4+. The van der Waals surface area contributed by atoms with Crippen LogP contribution >= 0.6 is 0 Å². The molecular weight excluding hydrogens is 351 g/mol. The lowest BCUT2D eigenvalue weighted by Gasteiger charge is -2.08. The van der Waals surface area contributed by atoms with E-state index in [1.807, 2.05) is 37.3 Å². The average molecular weight is 376 g/mol. The van der Waals surface area contributed by atoms with E-state index in [1.54, 1.807) is 36.4 Å². The second-order valence-corrected chi connectivity index (χ2v) is 7.05. The third-order valence-corrected chi connectivity index (χ3v) is 4.69. The molecule has 0 amide bonds. The van der Waals surface area contributed by atoms with Crippen LogP contribution in [0.25, 0.3) is 28.3 Å². The summed E-state index contributed by atoms with van der Waals surface area (Å²) in [6.45, 7) is 1.81. The van der Waals surface area contributed by atoms with Crippen LogP contribution in [0.3, 0.4) is 0 Å². The Kier molecular flexibility index (Phi) is 6.62. The Balaban J connectivity index is 1.69. The van der Waals surface area contributed by atoms with Crippen molar-refractivity contribution in [1.82, 2.24) is 0 Å². The van der Waals surface area contributed by atoms with Crippen molar-refractivity contribution in [1.29, 1.82) is 0 Å². The molecule has 0 aliphatic carbocycles. The highest BCUT2D eigenvalue weighted by Gasteiger charge is 2.07. The van der Waals surface area contributed by atoms with Crippen molar-refractivity contribution in [2.45, 2.75) is 32.3 Å². The maximum absolute atomic E-state index is 14.6. The van der Waals surface area contributed by atoms with Gasteiger partial charge in [-0.15, -0.1) is 0 Å². The molecular formula is C25H25FO2. The topological polar surface area (TPSA) is 40.5 Å². The van der Waals surface area contributed by atoms with Crippen molar-refractivity contribution < 1.29 is 14.6 Å². The van der Waals surface area contributed by atoms with Crippen LogP contribution in [0, 0.1) is 5.82 Å². The van der Waals surface area contributed by atoms with E-state index in [0.29, 0.717) is 5.56 Å². The van der Waals surface area contributed by atoms with Gasteiger partial charge >= 0.3 is 0 Å². The highest BCUT2D eigenvalue weighted by atomic mass is 19.1. The number of unbranched alkanes of at least 4 members (excludes halogenated alkanes) is 1. The number of halogens is 1. The molecule has 144 valence electrons. The van der Waals surface area contributed by atoms with Gasteiger partial charge in [0.15, 0.2) is 0 Å². The Morgan fingerprint density at radius 2 is 1.54 bits per heavy atom. The van der Waals surface area contributed by atoms with Crippen LogP contribution in [-0.4, -0.2) is 16.3 Å². The predicted molar refractivity (Wildman–Crippen MR) is 114 cm³/mol. The molecule has 0 bridgehead atoms. The predicted octanol–water partition coefficient (Wildman–Crippen LogP) is 6.43. The lowest BCUT2D eigenvalue weighted by Crippen LogP contribution is -1.97. The Morgan fingerprint density at radius 3 is 2.18 bits per heavy atom. The Morgan fingerprint density at radius 1 is 0.893 bits per heavy atom. The summed E-state index contributed by atoms with van der Waals surface area (Å²) in [7, 11) is 0. The third kappa shape index (κ3) is 5.30. The monoisotopic (exact) mass is 376 g/mol. The van der Waals surface area contributed by atoms with Crippen molar-refractivity contribution >= 4 is 6.08 Å². The van der Waals surface area contributed by atoms with Crippen LogP contribution in [0.4, 0.5) is 4.39 Å². The van der Waals surface area contributed by atoms with E-state index in [4.69, 9.17) is 0 Å². The molecule has 0 aromatic heterocycles. The molecule has 3 aromatic carbocycles. The fourth-order valence-electron chi connectivity index (χ4n) is 3.11. The largest absolute Gasteiger partial charge is 0.508 e. The summed E-state index contributed by atoms with van der Waals surface area (Å²) in [6, 6.07) is 19.8. The molecule has 3 heteroatoms. The first-order chi connectivity index (χ1) is 13.5. The molecule has 0 aliphatic heterocycles. The maximum atomic E-state index is 14.6. The number of phenols is 1. The molecule has 3 rings (SSSR count). The first-order valence-electron chi connectivity index (χ1n) is 9.57. The highest BCUT2D eigenvalue weighted by Crippen LogP contribution is 2.29. The van der Waals surface area contributed by atoms with Crippen LogP contribution in [0.1, 0.15) is 31.7 Å². The van der Waals surface area contributed by atoms with Crippen molar-refractivity contribution in [3.05, 3.63) is 84.2 Å². The highest BCUT2D eigenvalue weighted by molar-refractivity contribution is 5.72. The SMILES string of the molecule is CC(O)CCC/C=C/c1ccc(-c2ccc(-c3ccc(O)cc3)c(F)c2)cc1. The number of hydrogen-bond acceptors (Lipinski definition) is 2. The summed E-state index contributed by atoms with van der Waals surface area (Å²) in [4.78, 5) is 0. The van der Waals surface area contributed by atoms with Gasteiger partial charge in [-0.3, -0.25) is 0 Å². The van der Waals surface area contributed by atoms with Crippen molar-refractivity contribution in [2.24, 2.45) is 0 Å². The Labute approximate surface area is 165 Å². The molecule has 0 saturated carbocycles. The maximum Gasteiger partial charge on any atom is 0.131 e. The zero-order valence-electron chi connectivity index (χ0n) is 16.0. The number of allylic oxidation sites excluding steroid dienone is 1. The van der Waals surface area contributed by atoms with Crippen LogP contribution < -0.4 is 0 Å². The van der Waals surface area contributed by atoms with Crippen molar-refractivity contribution in [3.8, 4) is 28.0 Å². The van der Waals surface area contributed by atoms with Crippen LogP contribution in [0.5, 0.6) is 5.75 Å². The van der Waals surface area contributed by atoms with Gasteiger partial charge in [-0.2, -0.15) is 0 Å². The van der Waals surface area contributed by atoms with Gasteiger partial charge in [0.1, 0.15) is 11.6 Å². The van der Waals surface area contributed by atoms with E-state index in [9.17, 15) is 14.6 Å². The fraction of sp³-hybridized carbons (Fsp3) is 0.200. The molecule has 1 atom stereocenters. The summed E-state index contributed by atoms with van der Waals surface area (Å²) in [6.07, 6.45) is 6.67. The summed E-state index contributed by atoms with van der Waals surface area (Å²) in [5.74, 6) is -0.122. The lowest BCUT2D eigenvalue weighted by atomic mass is 9.99. The normalized spacial score (nSPS) is 12.4. The summed E-state index contributed by atoms with van der Waals surface area (Å²) >= 11 is 0. The number of aromatic hydroxyl groups is 1. The number of aliphatic hydroxyl groups excluding tert-OH is 1. The van der Waals surface area contributed by atoms with E-state index in [2.05, 4.69) is 12.2 Å². The number of benzene rings is 3. The second-order valence-electron chi connectivity index (χ2n) is 7.05. The molecule has 28 heavy (non-hydrogen) atoms. The van der Waals surface area contributed by atoms with Gasteiger partial charge < -0.3 is 10.2 Å². The van der Waals surface area contributed by atoms with Gasteiger partial charge in [-0.1, -0.05) is 60.7 Å². The molecule has 2 nitrogen and oxygen atoms in total. The number of hydrogen-bond donors (Lipinski definition) is 2. The van der Waals surface area contributed by atoms with E-state index in [1.165, 1.54) is 0 Å². The fourth-order valence-corrected chi connectivity index (χ4v) is 3.11. The quantitative estimate of drug-likeness (QED) is 0.467. The lowest BCUT2D eigenvalue weighted by molar-refractivity contribution is 0.182. The van der Waals surface area contributed by atoms with Crippen molar-refractivity contribution in [2.75, 3.05) is 0 Å². The zero-order chi connectivity index (χ0) is 19.9.